The molecule has 1 fully saturated rings. The van der Waals surface area contributed by atoms with E-state index in [9.17, 15) is 0 Å². The molecule has 0 aliphatic heterocycles. The van der Waals surface area contributed by atoms with Crippen molar-refractivity contribution >= 4 is 0 Å². The molecule has 2 heteroatoms. The van der Waals surface area contributed by atoms with Crippen molar-refractivity contribution in [1.82, 2.24) is 4.98 Å². The summed E-state index contributed by atoms with van der Waals surface area (Å²) in [6.45, 7) is 4.64. The number of hydrogen-bond acceptors (Lipinski definition) is 2. The minimum atomic E-state index is -0.00609. The molecular formula is C14H22N2. The Balaban J connectivity index is 2.08. The van der Waals surface area contributed by atoms with Crippen LogP contribution in [0.4, 0.5) is 0 Å². The highest BCUT2D eigenvalue weighted by atomic mass is 14.8. The third kappa shape index (κ3) is 2.43. The predicted molar refractivity (Wildman–Crippen MR) is 67.0 cm³/mol. The fourth-order valence-corrected chi connectivity index (χ4v) is 2.86. The molecule has 2 rings (SSSR count). The van der Waals surface area contributed by atoms with Gasteiger partial charge in [-0.05, 0) is 55.2 Å². The molecule has 0 aromatic carbocycles. The van der Waals surface area contributed by atoms with Crippen LogP contribution < -0.4 is 5.73 Å². The molecule has 1 aliphatic carbocycles. The summed E-state index contributed by atoms with van der Waals surface area (Å²) in [5, 5.41) is 0. The van der Waals surface area contributed by atoms with E-state index in [2.05, 4.69) is 31.0 Å². The molecule has 1 aromatic heterocycles. The van der Waals surface area contributed by atoms with Crippen molar-refractivity contribution in [1.29, 1.82) is 0 Å². The van der Waals surface area contributed by atoms with Crippen LogP contribution in [-0.2, 0) is 6.42 Å². The highest BCUT2D eigenvalue weighted by molar-refractivity contribution is 5.15. The summed E-state index contributed by atoms with van der Waals surface area (Å²) in [6, 6.07) is 4.17. The maximum absolute atomic E-state index is 6.58. The van der Waals surface area contributed by atoms with Crippen molar-refractivity contribution in [3.05, 3.63) is 30.1 Å². The molecule has 1 aromatic rings. The van der Waals surface area contributed by atoms with E-state index in [-0.39, 0.29) is 5.54 Å². The minimum Gasteiger partial charge on any atom is -0.325 e. The van der Waals surface area contributed by atoms with Gasteiger partial charge in [0.1, 0.15) is 0 Å². The zero-order chi connectivity index (χ0) is 11.6. The van der Waals surface area contributed by atoms with Crippen LogP contribution in [-0.4, -0.2) is 10.5 Å². The zero-order valence-corrected chi connectivity index (χ0v) is 10.3. The standard InChI is InChI=1S/C14H22N2/c1-11-3-6-14(15,12(2)9-11)10-13-4-7-16-8-5-13/h4-5,7-8,11-12H,3,6,9-10,15H2,1-2H3. The second kappa shape index (κ2) is 4.54. The minimum absolute atomic E-state index is 0.00609. The van der Waals surface area contributed by atoms with Crippen LogP contribution in [0.25, 0.3) is 0 Å². The number of hydrogen-bond donors (Lipinski definition) is 1. The Hall–Kier alpha value is -0.890. The van der Waals surface area contributed by atoms with Gasteiger partial charge in [-0.1, -0.05) is 13.8 Å². The van der Waals surface area contributed by atoms with Crippen LogP contribution in [0.15, 0.2) is 24.5 Å². The largest absolute Gasteiger partial charge is 0.325 e. The molecule has 88 valence electrons. The van der Waals surface area contributed by atoms with Crippen molar-refractivity contribution in [2.75, 3.05) is 0 Å². The monoisotopic (exact) mass is 218 g/mol. The highest BCUT2D eigenvalue weighted by Gasteiger charge is 2.36. The number of nitrogens with zero attached hydrogens (tertiary/aromatic N) is 1. The molecule has 2 nitrogen and oxygen atoms in total. The summed E-state index contributed by atoms with van der Waals surface area (Å²) in [4.78, 5) is 4.05. The van der Waals surface area contributed by atoms with Crippen LogP contribution in [0.2, 0.25) is 0 Å². The molecule has 16 heavy (non-hydrogen) atoms. The lowest BCUT2D eigenvalue weighted by molar-refractivity contribution is 0.163. The molecule has 2 N–H and O–H groups in total. The Morgan fingerprint density at radius 2 is 2.06 bits per heavy atom. The number of rotatable bonds is 2. The van der Waals surface area contributed by atoms with Gasteiger partial charge in [0.05, 0.1) is 0 Å². The number of pyridine rings is 1. The van der Waals surface area contributed by atoms with Gasteiger partial charge in [0, 0.05) is 17.9 Å². The second-order valence-electron chi connectivity index (χ2n) is 5.55. The SMILES string of the molecule is CC1CCC(N)(Cc2ccncc2)C(C)C1. The van der Waals surface area contributed by atoms with Crippen LogP contribution in [0.1, 0.15) is 38.7 Å². The Morgan fingerprint density at radius 1 is 1.38 bits per heavy atom. The van der Waals surface area contributed by atoms with Crippen LogP contribution in [0, 0.1) is 11.8 Å². The van der Waals surface area contributed by atoms with Crippen LogP contribution in [0.3, 0.4) is 0 Å². The topological polar surface area (TPSA) is 38.9 Å². The average molecular weight is 218 g/mol. The average Bonchev–Trinajstić information content (AvgIpc) is 2.26. The molecule has 1 aliphatic rings. The molecule has 3 unspecified atom stereocenters. The quantitative estimate of drug-likeness (QED) is 0.829. The normalized spacial score (nSPS) is 34.9. The predicted octanol–water partition coefficient (Wildman–Crippen LogP) is 2.78. The first-order chi connectivity index (χ1) is 7.60. The molecule has 0 spiro atoms. The fraction of sp³-hybridized carbons (Fsp3) is 0.643. The highest BCUT2D eigenvalue weighted by Crippen LogP contribution is 2.36. The smallest absolute Gasteiger partial charge is 0.0270 e. The molecular weight excluding hydrogens is 196 g/mol. The first-order valence-electron chi connectivity index (χ1n) is 6.28. The maximum Gasteiger partial charge on any atom is 0.0270 e. The number of nitrogens with two attached hydrogens (primary N) is 1. The van der Waals surface area contributed by atoms with E-state index in [4.69, 9.17) is 5.73 Å². The van der Waals surface area contributed by atoms with Crippen molar-refractivity contribution in [2.45, 2.75) is 45.1 Å². The van der Waals surface area contributed by atoms with E-state index in [1.165, 1.54) is 18.4 Å². The first kappa shape index (κ1) is 11.6. The van der Waals surface area contributed by atoms with Gasteiger partial charge < -0.3 is 5.73 Å². The molecule has 1 saturated carbocycles. The molecule has 0 saturated heterocycles. The number of aromatic nitrogens is 1. The van der Waals surface area contributed by atoms with Crippen molar-refractivity contribution in [2.24, 2.45) is 17.6 Å². The Morgan fingerprint density at radius 3 is 2.69 bits per heavy atom. The molecule has 0 radical (unpaired) electrons. The van der Waals surface area contributed by atoms with Crippen LogP contribution in [0.5, 0.6) is 0 Å². The lowest BCUT2D eigenvalue weighted by atomic mass is 9.68. The van der Waals surface area contributed by atoms with Gasteiger partial charge in [0.2, 0.25) is 0 Å². The summed E-state index contributed by atoms with van der Waals surface area (Å²) in [6.07, 6.45) is 8.39. The van der Waals surface area contributed by atoms with E-state index in [1.54, 1.807) is 0 Å². The van der Waals surface area contributed by atoms with Crippen molar-refractivity contribution in [3.63, 3.8) is 0 Å². The van der Waals surface area contributed by atoms with E-state index in [0.29, 0.717) is 5.92 Å². The summed E-state index contributed by atoms with van der Waals surface area (Å²) in [5.41, 5.74) is 7.89. The maximum atomic E-state index is 6.58. The molecule has 3 atom stereocenters. The lowest BCUT2D eigenvalue weighted by Gasteiger charge is -2.42. The Bertz CT molecular complexity index is 336. The van der Waals surface area contributed by atoms with Gasteiger partial charge in [-0.25, -0.2) is 0 Å². The van der Waals surface area contributed by atoms with Gasteiger partial charge in [-0.15, -0.1) is 0 Å². The summed E-state index contributed by atoms with van der Waals surface area (Å²) in [7, 11) is 0. The molecule has 0 bridgehead atoms. The lowest BCUT2D eigenvalue weighted by Crippen LogP contribution is -2.51. The molecule has 1 heterocycles. The Labute approximate surface area is 98.3 Å². The van der Waals surface area contributed by atoms with E-state index in [1.807, 2.05) is 12.4 Å². The third-order valence-corrected chi connectivity index (χ3v) is 4.12. The van der Waals surface area contributed by atoms with E-state index >= 15 is 0 Å². The van der Waals surface area contributed by atoms with Gasteiger partial charge in [0.25, 0.3) is 0 Å². The van der Waals surface area contributed by atoms with Crippen LogP contribution >= 0.6 is 0 Å². The second-order valence-corrected chi connectivity index (χ2v) is 5.55. The van der Waals surface area contributed by atoms with Gasteiger partial charge in [0.15, 0.2) is 0 Å². The summed E-state index contributed by atoms with van der Waals surface area (Å²) >= 11 is 0. The zero-order valence-electron chi connectivity index (χ0n) is 10.3. The third-order valence-electron chi connectivity index (χ3n) is 4.12. The first-order valence-corrected chi connectivity index (χ1v) is 6.28. The van der Waals surface area contributed by atoms with E-state index in [0.717, 1.165) is 18.8 Å². The van der Waals surface area contributed by atoms with Gasteiger partial charge in [-0.3, -0.25) is 4.98 Å². The molecule has 0 amide bonds. The summed E-state index contributed by atoms with van der Waals surface area (Å²) in [5.74, 6) is 1.45. The van der Waals surface area contributed by atoms with E-state index < -0.39 is 0 Å². The van der Waals surface area contributed by atoms with Crippen molar-refractivity contribution < 1.29 is 0 Å². The Kier molecular flexibility index (Phi) is 3.29. The van der Waals surface area contributed by atoms with Crippen molar-refractivity contribution in [3.8, 4) is 0 Å². The van der Waals surface area contributed by atoms with Gasteiger partial charge >= 0.3 is 0 Å². The summed E-state index contributed by atoms with van der Waals surface area (Å²) < 4.78 is 0. The fourth-order valence-electron chi connectivity index (χ4n) is 2.86. The van der Waals surface area contributed by atoms with Gasteiger partial charge in [-0.2, -0.15) is 0 Å².